The molecule has 24 heavy (non-hydrogen) atoms. The van der Waals surface area contributed by atoms with Gasteiger partial charge in [-0.25, -0.2) is 4.79 Å². The second-order valence-electron chi connectivity index (χ2n) is 5.39. The number of hydrogen-bond acceptors (Lipinski definition) is 5. The van der Waals surface area contributed by atoms with Crippen molar-refractivity contribution in [2.75, 3.05) is 6.61 Å². The van der Waals surface area contributed by atoms with E-state index in [1.54, 1.807) is 31.2 Å². The van der Waals surface area contributed by atoms with Gasteiger partial charge in [0.15, 0.2) is 6.10 Å². The van der Waals surface area contributed by atoms with Crippen molar-refractivity contribution in [2.24, 2.45) is 0 Å². The number of carbonyl (C=O) groups is 1. The van der Waals surface area contributed by atoms with Gasteiger partial charge in [-0.1, -0.05) is 42.5 Å². The molecule has 2 atom stereocenters. The van der Waals surface area contributed by atoms with Crippen LogP contribution in [0.4, 0.5) is 0 Å². The Balaban J connectivity index is 1.86. The number of rotatable bonds is 8. The summed E-state index contributed by atoms with van der Waals surface area (Å²) in [5.74, 6) is -0.101. The molecule has 0 spiro atoms. The molecule has 0 amide bonds. The van der Waals surface area contributed by atoms with E-state index in [1.165, 1.54) is 0 Å². The molecule has 5 nitrogen and oxygen atoms in total. The Morgan fingerprint density at radius 1 is 1.00 bits per heavy atom. The van der Waals surface area contributed by atoms with Crippen LogP contribution >= 0.6 is 0 Å². The van der Waals surface area contributed by atoms with Crippen LogP contribution in [0.25, 0.3) is 0 Å². The highest BCUT2D eigenvalue weighted by Crippen LogP contribution is 2.16. The van der Waals surface area contributed by atoms with E-state index < -0.39 is 18.2 Å². The Morgan fingerprint density at radius 2 is 1.67 bits per heavy atom. The predicted octanol–water partition coefficient (Wildman–Crippen LogP) is 2.09. The van der Waals surface area contributed by atoms with Gasteiger partial charge in [0.2, 0.25) is 0 Å². The molecule has 0 saturated heterocycles. The summed E-state index contributed by atoms with van der Waals surface area (Å²) >= 11 is 0. The molecule has 0 heterocycles. The van der Waals surface area contributed by atoms with Gasteiger partial charge in [0.05, 0.1) is 12.7 Å². The van der Waals surface area contributed by atoms with Gasteiger partial charge >= 0.3 is 5.97 Å². The van der Waals surface area contributed by atoms with E-state index in [-0.39, 0.29) is 13.0 Å². The average Bonchev–Trinajstić information content (AvgIpc) is 2.61. The average molecular weight is 330 g/mol. The molecule has 0 bridgehead atoms. The van der Waals surface area contributed by atoms with E-state index in [1.807, 2.05) is 30.3 Å². The molecule has 2 unspecified atom stereocenters. The normalized spacial score (nSPS) is 13.1. The molecule has 0 aliphatic rings. The third-order valence-corrected chi connectivity index (χ3v) is 3.51. The first-order chi connectivity index (χ1) is 11.6. The molecule has 2 aromatic rings. The maximum absolute atomic E-state index is 11.4. The summed E-state index contributed by atoms with van der Waals surface area (Å²) < 4.78 is 10.4. The number of hydrogen-bond donors (Lipinski definition) is 2. The lowest BCUT2D eigenvalue weighted by atomic mass is 10.0. The lowest BCUT2D eigenvalue weighted by Gasteiger charge is -2.16. The molecule has 2 N–H and O–H groups in total. The van der Waals surface area contributed by atoms with Crippen LogP contribution in [0, 0.1) is 0 Å². The highest BCUT2D eigenvalue weighted by atomic mass is 16.5. The topological polar surface area (TPSA) is 76.0 Å². The molecule has 128 valence electrons. The van der Waals surface area contributed by atoms with Gasteiger partial charge in [0.1, 0.15) is 12.4 Å². The Kier molecular flexibility index (Phi) is 6.78. The van der Waals surface area contributed by atoms with E-state index in [0.29, 0.717) is 12.4 Å². The van der Waals surface area contributed by atoms with Crippen LogP contribution in [0.1, 0.15) is 18.1 Å². The Bertz CT molecular complexity index is 624. The molecule has 5 heteroatoms. The number of aliphatic hydroxyl groups excluding tert-OH is 2. The fourth-order valence-corrected chi connectivity index (χ4v) is 2.20. The van der Waals surface area contributed by atoms with Gasteiger partial charge < -0.3 is 19.7 Å². The summed E-state index contributed by atoms with van der Waals surface area (Å²) in [4.78, 5) is 11.4. The summed E-state index contributed by atoms with van der Waals surface area (Å²) in [6, 6.07) is 17.0. The first-order valence-corrected chi connectivity index (χ1v) is 7.88. The van der Waals surface area contributed by atoms with E-state index in [9.17, 15) is 15.0 Å². The SMILES string of the molecule is CCOC(=O)C(O)C(O)Cc1ccc(OCc2ccccc2)cc1. The lowest BCUT2D eigenvalue weighted by molar-refractivity contribution is -0.159. The lowest BCUT2D eigenvalue weighted by Crippen LogP contribution is -2.36. The standard InChI is InChI=1S/C19H22O5/c1-2-23-19(22)18(21)17(20)12-14-8-10-16(11-9-14)24-13-15-6-4-3-5-7-15/h3-11,17-18,20-21H,2,12-13H2,1H3. The van der Waals surface area contributed by atoms with E-state index in [4.69, 9.17) is 4.74 Å². The highest BCUT2D eigenvalue weighted by molar-refractivity contribution is 5.75. The number of carbonyl (C=O) groups excluding carboxylic acids is 1. The third kappa shape index (κ3) is 5.37. The molecule has 0 fully saturated rings. The molecule has 0 radical (unpaired) electrons. The fraction of sp³-hybridized carbons (Fsp3) is 0.316. The summed E-state index contributed by atoms with van der Waals surface area (Å²) in [5.41, 5.74) is 1.87. The largest absolute Gasteiger partial charge is 0.489 e. The fourth-order valence-electron chi connectivity index (χ4n) is 2.20. The molecule has 2 aromatic carbocycles. The molecule has 0 aliphatic heterocycles. The molecular formula is C19H22O5. The van der Waals surface area contributed by atoms with Gasteiger partial charge in [-0.3, -0.25) is 0 Å². The quantitative estimate of drug-likeness (QED) is 0.725. The van der Waals surface area contributed by atoms with Crippen LogP contribution in [-0.4, -0.2) is 35.0 Å². The second-order valence-corrected chi connectivity index (χ2v) is 5.39. The highest BCUT2D eigenvalue weighted by Gasteiger charge is 2.25. The van der Waals surface area contributed by atoms with Gasteiger partial charge in [0.25, 0.3) is 0 Å². The van der Waals surface area contributed by atoms with Crippen molar-refractivity contribution in [3.63, 3.8) is 0 Å². The maximum atomic E-state index is 11.4. The van der Waals surface area contributed by atoms with Crippen LogP contribution in [0.5, 0.6) is 5.75 Å². The zero-order chi connectivity index (χ0) is 17.4. The summed E-state index contributed by atoms with van der Waals surface area (Å²) in [5, 5.41) is 19.6. The number of aliphatic hydroxyl groups is 2. The van der Waals surface area contributed by atoms with E-state index in [2.05, 4.69) is 4.74 Å². The first-order valence-electron chi connectivity index (χ1n) is 7.88. The minimum atomic E-state index is -1.54. The van der Waals surface area contributed by atoms with Crippen LogP contribution in [0.15, 0.2) is 54.6 Å². The van der Waals surface area contributed by atoms with Crippen molar-refractivity contribution < 1.29 is 24.5 Å². The van der Waals surface area contributed by atoms with Gasteiger partial charge in [-0.05, 0) is 30.2 Å². The maximum Gasteiger partial charge on any atom is 0.337 e. The second kappa shape index (κ2) is 9.05. The Labute approximate surface area is 141 Å². The zero-order valence-corrected chi connectivity index (χ0v) is 13.6. The van der Waals surface area contributed by atoms with Crippen LogP contribution in [0.3, 0.4) is 0 Å². The number of benzene rings is 2. The summed E-state index contributed by atoms with van der Waals surface area (Å²) in [6.07, 6.45) is -2.60. The zero-order valence-electron chi connectivity index (χ0n) is 13.6. The summed E-state index contributed by atoms with van der Waals surface area (Å²) in [6.45, 7) is 2.28. The van der Waals surface area contributed by atoms with Crippen molar-refractivity contribution >= 4 is 5.97 Å². The van der Waals surface area contributed by atoms with Crippen molar-refractivity contribution in [3.05, 3.63) is 65.7 Å². The summed E-state index contributed by atoms with van der Waals surface area (Å²) in [7, 11) is 0. The van der Waals surface area contributed by atoms with Crippen molar-refractivity contribution in [1.82, 2.24) is 0 Å². The van der Waals surface area contributed by atoms with E-state index in [0.717, 1.165) is 11.1 Å². The third-order valence-electron chi connectivity index (χ3n) is 3.51. The van der Waals surface area contributed by atoms with Crippen molar-refractivity contribution in [2.45, 2.75) is 32.2 Å². The van der Waals surface area contributed by atoms with Crippen molar-refractivity contribution in [3.8, 4) is 5.75 Å². The molecule has 0 saturated carbocycles. The van der Waals surface area contributed by atoms with Crippen LogP contribution < -0.4 is 4.74 Å². The molecular weight excluding hydrogens is 308 g/mol. The smallest absolute Gasteiger partial charge is 0.337 e. The minimum Gasteiger partial charge on any atom is -0.489 e. The molecule has 0 aliphatic carbocycles. The minimum absolute atomic E-state index is 0.152. The van der Waals surface area contributed by atoms with Gasteiger partial charge in [0, 0.05) is 6.42 Å². The monoisotopic (exact) mass is 330 g/mol. The van der Waals surface area contributed by atoms with Gasteiger partial charge in [-0.2, -0.15) is 0 Å². The number of ether oxygens (including phenoxy) is 2. The molecule has 0 aromatic heterocycles. The van der Waals surface area contributed by atoms with E-state index >= 15 is 0 Å². The Morgan fingerprint density at radius 3 is 2.29 bits per heavy atom. The first kappa shape index (κ1) is 18.0. The predicted molar refractivity (Wildman–Crippen MR) is 89.6 cm³/mol. The van der Waals surface area contributed by atoms with Gasteiger partial charge in [-0.15, -0.1) is 0 Å². The number of esters is 1. The van der Waals surface area contributed by atoms with Crippen LogP contribution in [-0.2, 0) is 22.6 Å². The van der Waals surface area contributed by atoms with Crippen LogP contribution in [0.2, 0.25) is 0 Å². The Hall–Kier alpha value is -2.37. The molecule has 2 rings (SSSR count). The van der Waals surface area contributed by atoms with Crippen molar-refractivity contribution in [1.29, 1.82) is 0 Å².